The highest BCUT2D eigenvalue weighted by Crippen LogP contribution is 2.33. The van der Waals surface area contributed by atoms with Crippen LogP contribution in [0.3, 0.4) is 0 Å². The summed E-state index contributed by atoms with van der Waals surface area (Å²) < 4.78 is 2.02. The molecule has 5 rings (SSSR count). The zero-order chi connectivity index (χ0) is 20.5. The zero-order valence-electron chi connectivity index (χ0n) is 16.7. The van der Waals surface area contributed by atoms with Crippen LogP contribution in [0.5, 0.6) is 0 Å². The lowest BCUT2D eigenvalue weighted by Crippen LogP contribution is -2.32. The fourth-order valence-electron chi connectivity index (χ4n) is 4.62. The first-order chi connectivity index (χ1) is 14.7. The average Bonchev–Trinajstić information content (AvgIpc) is 3.35. The molecule has 30 heavy (non-hydrogen) atoms. The predicted octanol–water partition coefficient (Wildman–Crippen LogP) is 3.17. The first-order valence-corrected chi connectivity index (χ1v) is 10.7. The van der Waals surface area contributed by atoms with E-state index in [0.29, 0.717) is 24.2 Å². The van der Waals surface area contributed by atoms with E-state index in [4.69, 9.17) is 11.6 Å². The lowest BCUT2D eigenvalue weighted by atomic mass is 9.89. The molecule has 0 spiro atoms. The van der Waals surface area contributed by atoms with Crippen LogP contribution < -0.4 is 5.32 Å². The molecular formula is C23H24ClN5O. The summed E-state index contributed by atoms with van der Waals surface area (Å²) >= 11 is 6.00. The predicted molar refractivity (Wildman–Crippen MR) is 115 cm³/mol. The van der Waals surface area contributed by atoms with Crippen molar-refractivity contribution in [3.8, 4) is 0 Å². The third kappa shape index (κ3) is 3.98. The summed E-state index contributed by atoms with van der Waals surface area (Å²) in [6.45, 7) is 4.29. The number of fused-ring (bicyclic) bond motifs is 2. The van der Waals surface area contributed by atoms with Crippen molar-refractivity contribution >= 4 is 17.5 Å². The number of nitrogens with one attached hydrogen (secondary N) is 1. The summed E-state index contributed by atoms with van der Waals surface area (Å²) in [7, 11) is 0. The number of halogens is 1. The van der Waals surface area contributed by atoms with Crippen LogP contribution in [0.2, 0.25) is 5.02 Å². The number of hydrogen-bond acceptors (Lipinski definition) is 4. The fourth-order valence-corrected chi connectivity index (χ4v) is 4.75. The molecule has 3 heterocycles. The van der Waals surface area contributed by atoms with Gasteiger partial charge in [0.25, 0.3) is 5.91 Å². The largest absolute Gasteiger partial charge is 0.345 e. The maximum Gasteiger partial charge on any atom is 0.289 e. The van der Waals surface area contributed by atoms with Crippen molar-refractivity contribution in [2.45, 2.75) is 26.1 Å². The fraction of sp³-hybridized carbons (Fsp3) is 0.348. The van der Waals surface area contributed by atoms with Gasteiger partial charge in [0.2, 0.25) is 5.82 Å². The van der Waals surface area contributed by atoms with Crippen molar-refractivity contribution in [3.05, 3.63) is 82.4 Å². The van der Waals surface area contributed by atoms with Crippen LogP contribution in [0, 0.1) is 11.8 Å². The number of nitrogens with zero attached hydrogens (tertiary/aromatic N) is 4. The van der Waals surface area contributed by atoms with E-state index in [0.717, 1.165) is 49.0 Å². The number of aromatic nitrogens is 3. The molecule has 2 atom stereocenters. The lowest BCUT2D eigenvalue weighted by molar-refractivity contribution is 0.0932. The van der Waals surface area contributed by atoms with Gasteiger partial charge in [-0.3, -0.25) is 9.69 Å². The van der Waals surface area contributed by atoms with E-state index < -0.39 is 0 Å². The van der Waals surface area contributed by atoms with Gasteiger partial charge in [-0.05, 0) is 35.1 Å². The number of benzene rings is 2. The van der Waals surface area contributed by atoms with Crippen molar-refractivity contribution in [2.24, 2.45) is 11.8 Å². The molecule has 0 bridgehead atoms. The molecule has 2 aliphatic heterocycles. The second kappa shape index (κ2) is 8.20. The highest BCUT2D eigenvalue weighted by molar-refractivity contribution is 6.30. The van der Waals surface area contributed by atoms with Crippen LogP contribution in [-0.2, 0) is 26.1 Å². The van der Waals surface area contributed by atoms with Crippen molar-refractivity contribution < 1.29 is 4.79 Å². The molecule has 3 aromatic rings. The van der Waals surface area contributed by atoms with E-state index in [9.17, 15) is 4.79 Å². The minimum atomic E-state index is -0.160. The molecule has 1 saturated heterocycles. The van der Waals surface area contributed by atoms with E-state index in [1.807, 2.05) is 47.0 Å². The van der Waals surface area contributed by atoms with Gasteiger partial charge >= 0.3 is 0 Å². The molecule has 0 aliphatic carbocycles. The topological polar surface area (TPSA) is 63.1 Å². The highest BCUT2D eigenvalue weighted by Gasteiger charge is 2.39. The quantitative estimate of drug-likeness (QED) is 0.687. The van der Waals surface area contributed by atoms with Gasteiger partial charge in [-0.15, -0.1) is 10.2 Å². The molecule has 7 heteroatoms. The molecule has 0 saturated carbocycles. The van der Waals surface area contributed by atoms with Gasteiger partial charge in [0.15, 0.2) is 0 Å². The van der Waals surface area contributed by atoms with Crippen LogP contribution in [0.15, 0.2) is 54.6 Å². The molecule has 0 unspecified atom stereocenters. The number of amides is 1. The minimum absolute atomic E-state index is 0.160. The number of carbonyl (C=O) groups excluding carboxylic acids is 1. The van der Waals surface area contributed by atoms with Crippen LogP contribution in [-0.4, -0.2) is 38.7 Å². The highest BCUT2D eigenvalue weighted by atomic mass is 35.5. The molecule has 2 aliphatic rings. The van der Waals surface area contributed by atoms with Crippen LogP contribution in [0.4, 0.5) is 0 Å². The Balaban J connectivity index is 1.23. The minimum Gasteiger partial charge on any atom is -0.345 e. The summed E-state index contributed by atoms with van der Waals surface area (Å²) in [5.74, 6) is 2.27. The van der Waals surface area contributed by atoms with E-state index in [1.54, 1.807) is 0 Å². The van der Waals surface area contributed by atoms with Gasteiger partial charge in [0.1, 0.15) is 5.82 Å². The summed E-state index contributed by atoms with van der Waals surface area (Å²) in [6, 6.07) is 18.0. The van der Waals surface area contributed by atoms with Crippen LogP contribution in [0.25, 0.3) is 0 Å². The van der Waals surface area contributed by atoms with Gasteiger partial charge in [-0.25, -0.2) is 0 Å². The first kappa shape index (κ1) is 19.3. The zero-order valence-corrected chi connectivity index (χ0v) is 17.4. The van der Waals surface area contributed by atoms with Gasteiger partial charge in [0, 0.05) is 44.2 Å². The molecule has 1 N–H and O–H groups in total. The number of likely N-dealkylation sites (tertiary alicyclic amines) is 1. The van der Waals surface area contributed by atoms with Crippen LogP contribution in [0.1, 0.15) is 27.6 Å². The smallest absolute Gasteiger partial charge is 0.289 e. The Hall–Kier alpha value is -2.70. The van der Waals surface area contributed by atoms with Gasteiger partial charge < -0.3 is 9.88 Å². The van der Waals surface area contributed by atoms with Crippen molar-refractivity contribution in [1.82, 2.24) is 25.0 Å². The van der Waals surface area contributed by atoms with Crippen molar-refractivity contribution in [3.63, 3.8) is 0 Å². The molecule has 2 aromatic carbocycles. The molecule has 1 aromatic heterocycles. The standard InChI is InChI=1S/C23H24ClN5O/c24-20-8-6-17(7-9-20)12-28-13-18-10-21-26-27-22(29(21)15-19(18)14-28)23(30)25-11-16-4-2-1-3-5-16/h1-9,18-19H,10-15H2,(H,25,30)/t18-,19+/m1/s1. The first-order valence-electron chi connectivity index (χ1n) is 10.4. The maximum absolute atomic E-state index is 12.7. The number of hydrogen-bond donors (Lipinski definition) is 1. The van der Waals surface area contributed by atoms with Crippen LogP contribution >= 0.6 is 11.6 Å². The number of rotatable bonds is 5. The van der Waals surface area contributed by atoms with E-state index >= 15 is 0 Å². The molecular weight excluding hydrogens is 398 g/mol. The Bertz CT molecular complexity index is 1030. The third-order valence-electron chi connectivity index (χ3n) is 6.16. The number of carbonyl (C=O) groups is 1. The SMILES string of the molecule is O=C(NCc1ccccc1)c1nnc2n1C[C@@H]1CN(Cc3ccc(Cl)cc3)C[C@H]1C2. The molecule has 1 fully saturated rings. The third-order valence-corrected chi connectivity index (χ3v) is 6.41. The molecule has 6 nitrogen and oxygen atoms in total. The molecule has 0 radical (unpaired) electrons. The van der Waals surface area contributed by atoms with Gasteiger partial charge in [-0.1, -0.05) is 54.1 Å². The molecule has 1 amide bonds. The summed E-state index contributed by atoms with van der Waals surface area (Å²) in [4.78, 5) is 15.2. The Morgan fingerprint density at radius 1 is 0.967 bits per heavy atom. The summed E-state index contributed by atoms with van der Waals surface area (Å²) in [5.41, 5.74) is 2.34. The van der Waals surface area contributed by atoms with E-state index in [2.05, 4.69) is 32.5 Å². The molecule has 154 valence electrons. The normalized spacial score (nSPS) is 20.6. The monoisotopic (exact) mass is 421 g/mol. The second-order valence-corrected chi connectivity index (χ2v) is 8.70. The Kier molecular flexibility index (Phi) is 5.27. The summed E-state index contributed by atoms with van der Waals surface area (Å²) in [6.07, 6.45) is 0.876. The van der Waals surface area contributed by atoms with Crippen molar-refractivity contribution in [2.75, 3.05) is 13.1 Å². The lowest BCUT2D eigenvalue weighted by Gasteiger charge is -2.25. The second-order valence-electron chi connectivity index (χ2n) is 8.26. The van der Waals surface area contributed by atoms with Gasteiger partial charge in [-0.2, -0.15) is 0 Å². The van der Waals surface area contributed by atoms with Crippen molar-refractivity contribution in [1.29, 1.82) is 0 Å². The summed E-state index contributed by atoms with van der Waals surface area (Å²) in [5, 5.41) is 12.3. The average molecular weight is 422 g/mol. The Morgan fingerprint density at radius 3 is 2.53 bits per heavy atom. The van der Waals surface area contributed by atoms with Gasteiger partial charge in [0.05, 0.1) is 0 Å². The Morgan fingerprint density at radius 2 is 1.73 bits per heavy atom. The maximum atomic E-state index is 12.7. The van der Waals surface area contributed by atoms with E-state index in [1.165, 1.54) is 5.56 Å². The Labute approximate surface area is 180 Å². The van der Waals surface area contributed by atoms with E-state index in [-0.39, 0.29) is 5.91 Å².